The number of nitrogens with one attached hydrogen (secondary N) is 2. The third-order valence-corrected chi connectivity index (χ3v) is 6.37. The quantitative estimate of drug-likeness (QED) is 0.226. The predicted molar refractivity (Wildman–Crippen MR) is 143 cm³/mol. The Morgan fingerprint density at radius 2 is 1.63 bits per heavy atom. The highest BCUT2D eigenvalue weighted by Gasteiger charge is 2.22. The van der Waals surface area contributed by atoms with Crippen LogP contribution in [0.15, 0.2) is 72.0 Å². The number of hydrogen-bond donors (Lipinski definition) is 2. The van der Waals surface area contributed by atoms with Crippen LogP contribution in [0.3, 0.4) is 0 Å². The number of carbonyl (C=O) groups excluding carboxylic acids is 1. The lowest BCUT2D eigenvalue weighted by atomic mass is 9.90. The van der Waals surface area contributed by atoms with E-state index in [9.17, 15) is 4.79 Å². The van der Waals surface area contributed by atoms with E-state index >= 15 is 0 Å². The molecule has 0 spiro atoms. The van der Waals surface area contributed by atoms with Gasteiger partial charge in [0.25, 0.3) is 0 Å². The first-order valence-corrected chi connectivity index (χ1v) is 13.0. The van der Waals surface area contributed by atoms with Gasteiger partial charge in [-0.3, -0.25) is 4.79 Å². The van der Waals surface area contributed by atoms with Crippen LogP contribution in [-0.4, -0.2) is 44.0 Å². The highest BCUT2D eigenvalue weighted by molar-refractivity contribution is 7.99. The molecule has 4 rings (SSSR count). The molecule has 2 N–H and O–H groups in total. The van der Waals surface area contributed by atoms with Crippen LogP contribution in [0.2, 0.25) is 0 Å². The number of amides is 1. The fourth-order valence-electron chi connectivity index (χ4n) is 3.91. The fraction of sp³-hybridized carbons (Fsp3) is 0.333. The number of anilines is 1. The minimum atomic E-state index is -0.368. The van der Waals surface area contributed by atoms with Gasteiger partial charge in [0, 0.05) is 18.3 Å². The highest BCUT2D eigenvalue weighted by Crippen LogP contribution is 2.27. The molecule has 0 bridgehead atoms. The number of hydrogen-bond acceptors (Lipinski definition) is 6. The van der Waals surface area contributed by atoms with E-state index in [1.54, 1.807) is 18.0 Å². The van der Waals surface area contributed by atoms with Gasteiger partial charge in [-0.1, -0.05) is 93.2 Å². The van der Waals surface area contributed by atoms with Gasteiger partial charge in [0.05, 0.1) is 24.0 Å². The molecule has 0 atom stereocenters. The molecule has 0 saturated heterocycles. The number of benzene rings is 2. The summed E-state index contributed by atoms with van der Waals surface area (Å²) in [6, 6.07) is 19.8. The van der Waals surface area contributed by atoms with Gasteiger partial charge in [-0.2, -0.15) is 5.10 Å². The Kier molecular flexibility index (Phi) is 8.36. The number of nitrogens with zero attached hydrogens (tertiary/aromatic N) is 4. The molecule has 0 aliphatic heterocycles. The molecule has 0 fully saturated rings. The number of rotatable bonds is 11. The minimum absolute atomic E-state index is 0.0326. The summed E-state index contributed by atoms with van der Waals surface area (Å²) in [6.45, 7) is 8.17. The van der Waals surface area contributed by atoms with E-state index in [0.29, 0.717) is 18.3 Å². The lowest BCUT2D eigenvalue weighted by Crippen LogP contribution is -2.32. The van der Waals surface area contributed by atoms with E-state index in [-0.39, 0.29) is 11.8 Å². The van der Waals surface area contributed by atoms with Gasteiger partial charge in [0.2, 0.25) is 5.91 Å². The van der Waals surface area contributed by atoms with Crippen LogP contribution >= 0.6 is 11.8 Å². The molecule has 2 aromatic carbocycles. The summed E-state index contributed by atoms with van der Waals surface area (Å²) >= 11 is 1.63. The number of aromatic nitrogens is 4. The Balaban J connectivity index is 1.52. The van der Waals surface area contributed by atoms with Gasteiger partial charge >= 0.3 is 0 Å². The smallest absolute Gasteiger partial charge is 0.232 e. The van der Waals surface area contributed by atoms with Crippen molar-refractivity contribution in [1.29, 1.82) is 0 Å². The average molecular weight is 489 g/mol. The van der Waals surface area contributed by atoms with Crippen LogP contribution in [0.4, 0.5) is 5.82 Å². The fourth-order valence-corrected chi connectivity index (χ4v) is 4.62. The molecule has 35 heavy (non-hydrogen) atoms. The second kappa shape index (κ2) is 11.8. The Hall–Kier alpha value is -3.39. The van der Waals surface area contributed by atoms with Crippen molar-refractivity contribution in [2.45, 2.75) is 50.1 Å². The van der Waals surface area contributed by atoms with Crippen LogP contribution in [0, 0.1) is 0 Å². The Morgan fingerprint density at radius 3 is 2.23 bits per heavy atom. The standard InChI is InChI=1S/C27H32N6OS/c1-4-15-28-24-22-18-30-33(25(22)32-27(31-24)35-19(2)3)17-16-29-26(34)23(20-11-7-5-8-12-20)21-13-9-6-10-14-21/h5-14,18-19,23H,4,15-17H2,1-3H3,(H,29,34)(H,28,31,32). The normalized spacial score (nSPS) is 11.3. The van der Waals surface area contributed by atoms with Crippen molar-refractivity contribution in [2.75, 3.05) is 18.4 Å². The van der Waals surface area contributed by atoms with E-state index in [1.165, 1.54) is 0 Å². The number of carbonyl (C=O) groups is 1. The van der Waals surface area contributed by atoms with Crippen LogP contribution < -0.4 is 10.6 Å². The number of fused-ring (bicyclic) bond motifs is 1. The average Bonchev–Trinajstić information content (AvgIpc) is 3.26. The summed E-state index contributed by atoms with van der Waals surface area (Å²) in [7, 11) is 0. The van der Waals surface area contributed by atoms with E-state index in [4.69, 9.17) is 9.97 Å². The summed E-state index contributed by atoms with van der Waals surface area (Å²) in [4.78, 5) is 22.8. The van der Waals surface area contributed by atoms with Crippen molar-refractivity contribution in [2.24, 2.45) is 0 Å². The summed E-state index contributed by atoms with van der Waals surface area (Å²) in [5, 5.41) is 13.1. The van der Waals surface area contributed by atoms with Crippen molar-refractivity contribution in [1.82, 2.24) is 25.1 Å². The van der Waals surface area contributed by atoms with Gasteiger partial charge < -0.3 is 10.6 Å². The zero-order chi connectivity index (χ0) is 24.6. The minimum Gasteiger partial charge on any atom is -0.369 e. The molecule has 0 aliphatic rings. The monoisotopic (exact) mass is 488 g/mol. The molecule has 0 radical (unpaired) electrons. The molecular weight excluding hydrogens is 456 g/mol. The molecule has 0 saturated carbocycles. The van der Waals surface area contributed by atoms with Crippen LogP contribution in [0.1, 0.15) is 44.2 Å². The molecule has 7 nitrogen and oxygen atoms in total. The van der Waals surface area contributed by atoms with E-state index in [0.717, 1.165) is 46.1 Å². The molecule has 8 heteroatoms. The first-order valence-electron chi connectivity index (χ1n) is 12.1. The van der Waals surface area contributed by atoms with Crippen LogP contribution in [0.5, 0.6) is 0 Å². The van der Waals surface area contributed by atoms with Gasteiger partial charge in [0.15, 0.2) is 10.8 Å². The molecule has 1 amide bonds. The largest absolute Gasteiger partial charge is 0.369 e. The highest BCUT2D eigenvalue weighted by atomic mass is 32.2. The lowest BCUT2D eigenvalue weighted by Gasteiger charge is -2.18. The van der Waals surface area contributed by atoms with E-state index in [1.807, 2.05) is 65.3 Å². The molecule has 182 valence electrons. The first kappa shape index (κ1) is 24.7. The molecule has 2 aromatic heterocycles. The maximum absolute atomic E-state index is 13.3. The second-order valence-electron chi connectivity index (χ2n) is 8.60. The van der Waals surface area contributed by atoms with Crippen LogP contribution in [0.25, 0.3) is 11.0 Å². The van der Waals surface area contributed by atoms with Gasteiger partial charge in [-0.25, -0.2) is 14.6 Å². The van der Waals surface area contributed by atoms with Crippen molar-refractivity contribution in [3.05, 3.63) is 78.0 Å². The van der Waals surface area contributed by atoms with Crippen LogP contribution in [-0.2, 0) is 11.3 Å². The van der Waals surface area contributed by atoms with Crippen molar-refractivity contribution >= 4 is 34.5 Å². The lowest BCUT2D eigenvalue weighted by molar-refractivity contribution is -0.121. The predicted octanol–water partition coefficient (Wildman–Crippen LogP) is 5.10. The summed E-state index contributed by atoms with van der Waals surface area (Å²) in [5.41, 5.74) is 2.71. The maximum atomic E-state index is 13.3. The Morgan fingerprint density at radius 1 is 0.971 bits per heavy atom. The van der Waals surface area contributed by atoms with E-state index in [2.05, 4.69) is 36.5 Å². The van der Waals surface area contributed by atoms with Gasteiger partial charge in [-0.15, -0.1) is 0 Å². The third kappa shape index (κ3) is 6.19. The number of thioether (sulfide) groups is 1. The zero-order valence-corrected chi connectivity index (χ0v) is 21.3. The van der Waals surface area contributed by atoms with Crippen molar-refractivity contribution < 1.29 is 4.79 Å². The zero-order valence-electron chi connectivity index (χ0n) is 20.4. The molecule has 2 heterocycles. The molecular formula is C27H32N6OS. The molecule has 4 aromatic rings. The van der Waals surface area contributed by atoms with Gasteiger partial charge in [-0.05, 0) is 17.5 Å². The van der Waals surface area contributed by atoms with Crippen molar-refractivity contribution in [3.63, 3.8) is 0 Å². The summed E-state index contributed by atoms with van der Waals surface area (Å²) < 4.78 is 1.85. The van der Waals surface area contributed by atoms with Crippen molar-refractivity contribution in [3.8, 4) is 0 Å². The SMILES string of the molecule is CCCNc1nc(SC(C)C)nc2c1cnn2CCNC(=O)C(c1ccccc1)c1ccccc1. The van der Waals surface area contributed by atoms with Gasteiger partial charge in [0.1, 0.15) is 5.82 Å². The Labute approximate surface area is 210 Å². The van der Waals surface area contributed by atoms with E-state index < -0.39 is 0 Å². The topological polar surface area (TPSA) is 84.7 Å². The Bertz CT molecular complexity index is 1200. The molecule has 0 unspecified atom stereocenters. The second-order valence-corrected chi connectivity index (χ2v) is 10.1. The maximum Gasteiger partial charge on any atom is 0.232 e. The summed E-state index contributed by atoms with van der Waals surface area (Å²) in [6.07, 6.45) is 2.80. The first-order chi connectivity index (χ1) is 17.1. The summed E-state index contributed by atoms with van der Waals surface area (Å²) in [5.74, 6) is 0.409. The third-order valence-electron chi connectivity index (χ3n) is 5.51. The molecule has 0 aliphatic carbocycles.